The first-order valence-electron chi connectivity index (χ1n) is 18.8. The van der Waals surface area contributed by atoms with Crippen LogP contribution >= 0.6 is 11.3 Å². The van der Waals surface area contributed by atoms with Crippen LogP contribution in [0.15, 0.2) is 176 Å². The molecule has 0 saturated carbocycles. The van der Waals surface area contributed by atoms with Crippen LogP contribution in [0.25, 0.3) is 92.3 Å². The van der Waals surface area contributed by atoms with Crippen LogP contribution in [-0.4, -0.2) is 14.5 Å². The molecule has 0 amide bonds. The van der Waals surface area contributed by atoms with Crippen molar-refractivity contribution in [3.8, 4) is 39.5 Å². The fourth-order valence-corrected chi connectivity index (χ4v) is 11.3. The van der Waals surface area contributed by atoms with Gasteiger partial charge in [-0.2, -0.15) is 0 Å². The molecule has 3 nitrogen and oxygen atoms in total. The van der Waals surface area contributed by atoms with Gasteiger partial charge in [0.25, 0.3) is 0 Å². The van der Waals surface area contributed by atoms with Gasteiger partial charge in [0.05, 0.1) is 32.4 Å². The topological polar surface area (TPSA) is 30.7 Å². The number of hydrogen-bond acceptors (Lipinski definition) is 3. The monoisotopic (exact) mass is 715 g/mol. The Balaban J connectivity index is 1.24. The first-order valence-corrected chi connectivity index (χ1v) is 19.7. The van der Waals surface area contributed by atoms with E-state index in [4.69, 9.17) is 9.97 Å². The van der Waals surface area contributed by atoms with E-state index in [1.165, 1.54) is 70.8 Å². The fourth-order valence-electron chi connectivity index (χ4n) is 10.1. The number of nitrogens with zero attached hydrogens (tertiary/aromatic N) is 3. The highest BCUT2D eigenvalue weighted by Crippen LogP contribution is 2.62. The minimum absolute atomic E-state index is 0.503. The molecule has 13 rings (SSSR count). The van der Waals surface area contributed by atoms with Crippen LogP contribution < -0.4 is 0 Å². The molecule has 8 aromatic carbocycles. The van der Waals surface area contributed by atoms with E-state index < -0.39 is 5.41 Å². The van der Waals surface area contributed by atoms with E-state index in [0.717, 1.165) is 37.9 Å². The minimum Gasteiger partial charge on any atom is -0.278 e. The maximum atomic E-state index is 5.52. The van der Waals surface area contributed by atoms with Crippen LogP contribution in [0.1, 0.15) is 22.3 Å². The number of aromatic nitrogens is 3. The average molecular weight is 716 g/mol. The largest absolute Gasteiger partial charge is 0.278 e. The molecule has 0 bridgehead atoms. The smallest absolute Gasteiger partial charge is 0.235 e. The first kappa shape index (κ1) is 29.6. The van der Waals surface area contributed by atoms with Crippen molar-refractivity contribution in [1.82, 2.24) is 14.5 Å². The third-order valence-corrected chi connectivity index (χ3v) is 13.4. The molecule has 2 aliphatic carbocycles. The summed E-state index contributed by atoms with van der Waals surface area (Å²) in [4.78, 5) is 11.0. The summed E-state index contributed by atoms with van der Waals surface area (Å²) in [5.74, 6) is 0.690. The van der Waals surface area contributed by atoms with E-state index in [-0.39, 0.29) is 0 Å². The molecule has 0 saturated heterocycles. The van der Waals surface area contributed by atoms with Gasteiger partial charge >= 0.3 is 0 Å². The van der Waals surface area contributed by atoms with Crippen LogP contribution in [0.2, 0.25) is 0 Å². The van der Waals surface area contributed by atoms with Crippen LogP contribution in [-0.2, 0) is 5.41 Å². The number of rotatable bonds is 3. The molecule has 1 spiro atoms. The normalized spacial score (nSPS) is 13.6. The van der Waals surface area contributed by atoms with Crippen LogP contribution in [0, 0.1) is 0 Å². The molecule has 0 aliphatic heterocycles. The van der Waals surface area contributed by atoms with Gasteiger partial charge in [-0.05, 0) is 73.5 Å². The zero-order chi connectivity index (χ0) is 35.8. The molecule has 3 aromatic heterocycles. The molecule has 2 aliphatic rings. The fraction of sp³-hybridized carbons (Fsp3) is 0.0196. The zero-order valence-corrected chi connectivity index (χ0v) is 30.3. The van der Waals surface area contributed by atoms with Gasteiger partial charge in [-0.1, -0.05) is 158 Å². The highest BCUT2D eigenvalue weighted by molar-refractivity contribution is 7.26. The van der Waals surface area contributed by atoms with E-state index in [9.17, 15) is 0 Å². The van der Waals surface area contributed by atoms with Crippen LogP contribution in [0.3, 0.4) is 0 Å². The van der Waals surface area contributed by atoms with Gasteiger partial charge in [0.15, 0.2) is 0 Å². The lowest BCUT2D eigenvalue weighted by molar-refractivity contribution is 0.783. The Morgan fingerprint density at radius 3 is 1.84 bits per heavy atom. The molecule has 11 aromatic rings. The Labute approximate surface area is 320 Å². The predicted molar refractivity (Wildman–Crippen MR) is 228 cm³/mol. The third-order valence-electron chi connectivity index (χ3n) is 12.2. The molecule has 0 N–H and O–H groups in total. The van der Waals surface area contributed by atoms with E-state index in [1.54, 1.807) is 11.3 Å². The molecule has 0 radical (unpaired) electrons. The molecule has 0 fully saturated rings. The zero-order valence-electron chi connectivity index (χ0n) is 29.5. The molecule has 4 heteroatoms. The predicted octanol–water partition coefficient (Wildman–Crippen LogP) is 13.1. The summed E-state index contributed by atoms with van der Waals surface area (Å²) in [5, 5.41) is 6.26. The van der Waals surface area contributed by atoms with E-state index in [1.807, 2.05) is 0 Å². The van der Waals surface area contributed by atoms with Crippen molar-refractivity contribution in [2.24, 2.45) is 0 Å². The van der Waals surface area contributed by atoms with Crippen molar-refractivity contribution in [2.45, 2.75) is 5.41 Å². The molecular weight excluding hydrogens is 687 g/mol. The van der Waals surface area contributed by atoms with E-state index in [2.05, 4.69) is 180 Å². The molecular formula is C51H29N3S. The molecule has 3 heterocycles. The summed E-state index contributed by atoms with van der Waals surface area (Å²) in [5.41, 5.74) is 15.2. The molecule has 254 valence electrons. The third kappa shape index (κ3) is 3.65. The Morgan fingerprint density at radius 1 is 0.418 bits per heavy atom. The van der Waals surface area contributed by atoms with Crippen molar-refractivity contribution in [3.05, 3.63) is 198 Å². The van der Waals surface area contributed by atoms with Gasteiger partial charge in [0.1, 0.15) is 0 Å². The second-order valence-electron chi connectivity index (χ2n) is 14.8. The summed E-state index contributed by atoms with van der Waals surface area (Å²) in [6.07, 6.45) is 0. The van der Waals surface area contributed by atoms with Crippen LogP contribution in [0.4, 0.5) is 0 Å². The number of thiophene rings is 1. The standard InChI is InChI=1S/C51H29N3S/c1-3-14-30(15-4-1)32-26-28-40-44-35(32)27-29-42-46(44)45-39(51(40)37-21-10-7-18-33(37)34-19-8-11-22-38(34)51)23-13-24-41(45)54(42)50-52-47(31-16-5-2-6-17-31)49-48(53-50)36-20-9-12-25-43(36)55-49/h1-29H. The lowest BCUT2D eigenvalue weighted by atomic mass is 9.63. The number of fused-ring (bicyclic) bond motifs is 10. The Kier molecular flexibility index (Phi) is 5.71. The summed E-state index contributed by atoms with van der Waals surface area (Å²) in [7, 11) is 0. The summed E-state index contributed by atoms with van der Waals surface area (Å²) in [6, 6.07) is 64.5. The first-order chi connectivity index (χ1) is 27.3. The van der Waals surface area contributed by atoms with Crippen molar-refractivity contribution in [3.63, 3.8) is 0 Å². The van der Waals surface area contributed by atoms with E-state index in [0.29, 0.717) is 5.95 Å². The van der Waals surface area contributed by atoms with Gasteiger partial charge < -0.3 is 0 Å². The summed E-state index contributed by atoms with van der Waals surface area (Å²) in [6.45, 7) is 0. The van der Waals surface area contributed by atoms with Gasteiger partial charge in [-0.15, -0.1) is 11.3 Å². The van der Waals surface area contributed by atoms with Crippen molar-refractivity contribution < 1.29 is 0 Å². The quantitative estimate of drug-likeness (QED) is 0.182. The lowest BCUT2D eigenvalue weighted by Gasteiger charge is -2.38. The number of benzene rings is 8. The van der Waals surface area contributed by atoms with Crippen molar-refractivity contribution >= 4 is 64.2 Å². The van der Waals surface area contributed by atoms with Crippen LogP contribution in [0.5, 0.6) is 0 Å². The second kappa shape index (κ2) is 10.6. The van der Waals surface area contributed by atoms with Crippen molar-refractivity contribution in [2.75, 3.05) is 0 Å². The average Bonchev–Trinajstić information content (AvgIpc) is 3.90. The summed E-state index contributed by atoms with van der Waals surface area (Å²) < 4.78 is 4.67. The lowest BCUT2D eigenvalue weighted by Crippen LogP contribution is -2.30. The Bertz CT molecular complexity index is 3380. The summed E-state index contributed by atoms with van der Waals surface area (Å²) >= 11 is 1.77. The van der Waals surface area contributed by atoms with Gasteiger partial charge in [-0.25, -0.2) is 9.97 Å². The van der Waals surface area contributed by atoms with E-state index >= 15 is 0 Å². The van der Waals surface area contributed by atoms with Crippen molar-refractivity contribution in [1.29, 1.82) is 0 Å². The van der Waals surface area contributed by atoms with Gasteiger partial charge in [-0.3, -0.25) is 4.57 Å². The Hall–Kier alpha value is -6.88. The molecule has 55 heavy (non-hydrogen) atoms. The van der Waals surface area contributed by atoms with Gasteiger partial charge in [0, 0.05) is 26.4 Å². The molecule has 0 unspecified atom stereocenters. The maximum absolute atomic E-state index is 5.52. The SMILES string of the molecule is c1ccc(-c2ccc3c4c2ccc2c4c4c(cccc4n2-c2nc(-c4ccccc4)c4sc5ccccc5c4n2)C32c3ccccc3-c3ccccc32)cc1. The number of hydrogen-bond donors (Lipinski definition) is 0. The highest BCUT2D eigenvalue weighted by Gasteiger charge is 2.50. The van der Waals surface area contributed by atoms with Gasteiger partial charge in [0.2, 0.25) is 5.95 Å². The minimum atomic E-state index is -0.503. The highest BCUT2D eigenvalue weighted by atomic mass is 32.1. The second-order valence-corrected chi connectivity index (χ2v) is 15.9. The Morgan fingerprint density at radius 2 is 1.05 bits per heavy atom. The maximum Gasteiger partial charge on any atom is 0.235 e. The molecule has 0 atom stereocenters.